The van der Waals surface area contributed by atoms with E-state index in [0.29, 0.717) is 19.6 Å². The zero-order valence-electron chi connectivity index (χ0n) is 21.9. The molecule has 37 heavy (non-hydrogen) atoms. The van der Waals surface area contributed by atoms with Crippen molar-refractivity contribution in [2.45, 2.75) is 33.7 Å². The fourth-order valence-electron chi connectivity index (χ4n) is 4.45. The summed E-state index contributed by atoms with van der Waals surface area (Å²) in [5.74, 6) is 0.161. The van der Waals surface area contributed by atoms with E-state index in [1.54, 1.807) is 4.90 Å². The van der Waals surface area contributed by atoms with Crippen LogP contribution in [0.3, 0.4) is 0 Å². The third kappa shape index (κ3) is 7.23. The number of anilines is 1. The van der Waals surface area contributed by atoms with Gasteiger partial charge in [-0.25, -0.2) is 4.79 Å². The molecule has 0 saturated carbocycles. The van der Waals surface area contributed by atoms with Crippen LogP contribution in [0.2, 0.25) is 0 Å². The van der Waals surface area contributed by atoms with Gasteiger partial charge in [-0.1, -0.05) is 80.1 Å². The first-order valence-electron chi connectivity index (χ1n) is 12.9. The average molecular weight is 497 g/mol. The van der Waals surface area contributed by atoms with Crippen LogP contribution in [-0.4, -0.2) is 46.4 Å². The van der Waals surface area contributed by atoms with Gasteiger partial charge >= 0.3 is 6.03 Å². The lowest BCUT2D eigenvalue weighted by atomic mass is 10.1. The number of carbonyl (C=O) groups is 2. The van der Waals surface area contributed by atoms with E-state index in [1.807, 2.05) is 84.8 Å². The van der Waals surface area contributed by atoms with Crippen molar-refractivity contribution >= 4 is 28.5 Å². The predicted octanol–water partition coefficient (Wildman–Crippen LogP) is 6.24. The molecule has 0 unspecified atom stereocenters. The third-order valence-corrected chi connectivity index (χ3v) is 6.40. The molecule has 6 nitrogen and oxygen atoms in total. The number of aryl methyl sites for hydroxylation is 1. The second-order valence-electron chi connectivity index (χ2n) is 9.98. The lowest BCUT2D eigenvalue weighted by molar-refractivity contribution is -0.132. The number of urea groups is 1. The molecule has 0 saturated heterocycles. The summed E-state index contributed by atoms with van der Waals surface area (Å²) in [5.41, 5.74) is 5.18. The topological polar surface area (TPSA) is 68.4 Å². The van der Waals surface area contributed by atoms with Crippen molar-refractivity contribution in [3.63, 3.8) is 0 Å². The van der Waals surface area contributed by atoms with Gasteiger partial charge in [0.25, 0.3) is 0 Å². The predicted molar refractivity (Wildman–Crippen MR) is 150 cm³/mol. The molecule has 0 fully saturated rings. The highest BCUT2D eigenvalue weighted by molar-refractivity contribution is 5.92. The molecule has 0 atom stereocenters. The molecule has 3 amide bonds. The number of para-hydroxylation sites is 1. The maximum absolute atomic E-state index is 13.7. The highest BCUT2D eigenvalue weighted by Crippen LogP contribution is 2.19. The number of rotatable bonds is 10. The van der Waals surface area contributed by atoms with Crippen molar-refractivity contribution in [2.75, 3.05) is 25.0 Å². The number of fused-ring (bicyclic) bond motifs is 1. The summed E-state index contributed by atoms with van der Waals surface area (Å²) in [6.07, 6.45) is 2.75. The number of amides is 3. The standard InChI is InChI=1S/C31H36N4O2/c1-23(2)20-35(31(37)33-27-15-13-24(3)14-16-27)22-30(36)34(21-25-9-5-4-6-10-25)18-17-26-19-32-29-12-8-7-11-28(26)29/h4-16,19,23,32H,17-18,20-22H2,1-3H3,(H,33,37). The maximum Gasteiger partial charge on any atom is 0.322 e. The Hall–Kier alpha value is -4.06. The molecule has 1 heterocycles. The van der Waals surface area contributed by atoms with Crippen molar-refractivity contribution in [1.29, 1.82) is 0 Å². The Morgan fingerprint density at radius 1 is 0.892 bits per heavy atom. The number of nitrogens with zero attached hydrogens (tertiary/aromatic N) is 2. The molecule has 2 N–H and O–H groups in total. The Kier molecular flexibility index (Phi) is 8.62. The Balaban J connectivity index is 1.50. The average Bonchev–Trinajstić information content (AvgIpc) is 3.31. The van der Waals surface area contributed by atoms with Crippen molar-refractivity contribution in [3.8, 4) is 0 Å². The van der Waals surface area contributed by atoms with Crippen molar-refractivity contribution in [1.82, 2.24) is 14.8 Å². The van der Waals surface area contributed by atoms with E-state index >= 15 is 0 Å². The van der Waals surface area contributed by atoms with Gasteiger partial charge < -0.3 is 20.1 Å². The fraction of sp³-hybridized carbons (Fsp3) is 0.290. The van der Waals surface area contributed by atoms with Crippen molar-refractivity contribution < 1.29 is 9.59 Å². The van der Waals surface area contributed by atoms with Gasteiger partial charge in [-0.15, -0.1) is 0 Å². The molecular formula is C31H36N4O2. The highest BCUT2D eigenvalue weighted by Gasteiger charge is 2.23. The third-order valence-electron chi connectivity index (χ3n) is 6.40. The van der Waals surface area contributed by atoms with Gasteiger partial charge in [0, 0.05) is 42.4 Å². The first-order chi connectivity index (χ1) is 17.9. The first kappa shape index (κ1) is 26.0. The zero-order valence-corrected chi connectivity index (χ0v) is 21.9. The Morgan fingerprint density at radius 2 is 1.59 bits per heavy atom. The molecule has 4 rings (SSSR count). The second-order valence-corrected chi connectivity index (χ2v) is 9.98. The highest BCUT2D eigenvalue weighted by atomic mass is 16.2. The molecule has 4 aromatic rings. The van der Waals surface area contributed by atoms with Gasteiger partial charge in [0.2, 0.25) is 5.91 Å². The van der Waals surface area contributed by atoms with Crippen LogP contribution in [0, 0.1) is 12.8 Å². The zero-order chi connectivity index (χ0) is 26.2. The van der Waals surface area contributed by atoms with Gasteiger partial charge in [-0.05, 0) is 48.6 Å². The number of hydrogen-bond donors (Lipinski definition) is 2. The minimum absolute atomic E-state index is 0.0244. The maximum atomic E-state index is 13.7. The monoisotopic (exact) mass is 496 g/mol. The Morgan fingerprint density at radius 3 is 2.32 bits per heavy atom. The number of H-pyrrole nitrogens is 1. The molecule has 192 valence electrons. The number of aromatic amines is 1. The van der Waals surface area contributed by atoms with E-state index in [-0.39, 0.29) is 24.4 Å². The number of benzene rings is 3. The summed E-state index contributed by atoms with van der Waals surface area (Å²) in [6, 6.07) is 25.6. The van der Waals surface area contributed by atoms with Gasteiger partial charge in [0.05, 0.1) is 0 Å². The second kappa shape index (κ2) is 12.3. The van der Waals surface area contributed by atoms with E-state index < -0.39 is 0 Å². The molecule has 0 aliphatic rings. The number of carbonyl (C=O) groups excluding carboxylic acids is 2. The van der Waals surface area contributed by atoms with E-state index in [4.69, 9.17) is 0 Å². The summed E-state index contributed by atoms with van der Waals surface area (Å²) in [5, 5.41) is 4.13. The van der Waals surface area contributed by atoms with Gasteiger partial charge in [-0.3, -0.25) is 4.79 Å². The molecular weight excluding hydrogens is 460 g/mol. The number of hydrogen-bond acceptors (Lipinski definition) is 2. The minimum atomic E-state index is -0.262. The van der Waals surface area contributed by atoms with Crippen LogP contribution in [0.25, 0.3) is 10.9 Å². The van der Waals surface area contributed by atoms with E-state index in [2.05, 4.69) is 36.3 Å². The van der Waals surface area contributed by atoms with E-state index in [0.717, 1.165) is 28.8 Å². The fourth-order valence-corrected chi connectivity index (χ4v) is 4.45. The van der Waals surface area contributed by atoms with Gasteiger partial charge in [0.15, 0.2) is 0 Å². The summed E-state index contributed by atoms with van der Waals surface area (Å²) in [6.45, 7) is 7.68. The largest absolute Gasteiger partial charge is 0.361 e. The van der Waals surface area contributed by atoms with Gasteiger partial charge in [-0.2, -0.15) is 0 Å². The number of aromatic nitrogens is 1. The molecule has 1 aromatic heterocycles. The molecule has 0 spiro atoms. The van der Waals surface area contributed by atoms with Crippen LogP contribution in [0.1, 0.15) is 30.5 Å². The van der Waals surface area contributed by atoms with Crippen LogP contribution in [0.5, 0.6) is 0 Å². The van der Waals surface area contributed by atoms with Crippen LogP contribution < -0.4 is 5.32 Å². The van der Waals surface area contributed by atoms with E-state index in [1.165, 1.54) is 10.9 Å². The van der Waals surface area contributed by atoms with Crippen molar-refractivity contribution in [2.24, 2.45) is 5.92 Å². The smallest absolute Gasteiger partial charge is 0.322 e. The van der Waals surface area contributed by atoms with Crippen LogP contribution in [0.15, 0.2) is 85.1 Å². The van der Waals surface area contributed by atoms with Gasteiger partial charge in [0.1, 0.15) is 6.54 Å². The summed E-state index contributed by atoms with van der Waals surface area (Å²) >= 11 is 0. The SMILES string of the molecule is Cc1ccc(NC(=O)N(CC(=O)N(CCc2c[nH]c3ccccc23)Cc2ccccc2)CC(C)C)cc1. The molecule has 0 aliphatic heterocycles. The minimum Gasteiger partial charge on any atom is -0.361 e. The van der Waals surface area contributed by atoms with Crippen LogP contribution in [0.4, 0.5) is 10.5 Å². The summed E-state index contributed by atoms with van der Waals surface area (Å²) in [4.78, 5) is 33.6. The Bertz CT molecular complexity index is 1310. The number of nitrogens with one attached hydrogen (secondary N) is 2. The van der Waals surface area contributed by atoms with E-state index in [9.17, 15) is 9.59 Å². The molecule has 0 radical (unpaired) electrons. The lowest BCUT2D eigenvalue weighted by Gasteiger charge is -2.29. The summed E-state index contributed by atoms with van der Waals surface area (Å²) < 4.78 is 0. The van der Waals surface area contributed by atoms with Crippen LogP contribution >= 0.6 is 0 Å². The van der Waals surface area contributed by atoms with Crippen LogP contribution in [-0.2, 0) is 17.8 Å². The van der Waals surface area contributed by atoms with Crippen molar-refractivity contribution in [3.05, 3.63) is 102 Å². The summed E-state index contributed by atoms with van der Waals surface area (Å²) in [7, 11) is 0. The molecule has 0 aliphatic carbocycles. The molecule has 0 bridgehead atoms. The normalized spacial score (nSPS) is 11.0. The quantitative estimate of drug-likeness (QED) is 0.273. The Labute approximate surface area is 219 Å². The molecule has 3 aromatic carbocycles. The first-order valence-corrected chi connectivity index (χ1v) is 12.9. The lowest BCUT2D eigenvalue weighted by Crippen LogP contribution is -2.46. The molecule has 6 heteroatoms.